The zero-order valence-corrected chi connectivity index (χ0v) is 18.1. The van der Waals surface area contributed by atoms with Crippen LogP contribution in [0.1, 0.15) is 23.2 Å². The number of carbonyl (C=O) groups is 2. The van der Waals surface area contributed by atoms with Gasteiger partial charge in [0.05, 0.1) is 11.4 Å². The van der Waals surface area contributed by atoms with E-state index in [4.69, 9.17) is 0 Å². The number of thiazole rings is 1. The van der Waals surface area contributed by atoms with E-state index in [0.29, 0.717) is 22.2 Å². The van der Waals surface area contributed by atoms with Gasteiger partial charge in [-0.25, -0.2) is 9.50 Å². The predicted molar refractivity (Wildman–Crippen MR) is 121 cm³/mol. The SMILES string of the molecule is CSCc1nc(C(=O)Nc2nc3scc(-c4ccc(NC(C)=O)cc4)n3n2)cc(=O)[nH]1. The van der Waals surface area contributed by atoms with Crippen molar-refractivity contribution in [3.63, 3.8) is 0 Å². The van der Waals surface area contributed by atoms with E-state index in [0.717, 1.165) is 17.3 Å². The molecule has 0 aliphatic carbocycles. The van der Waals surface area contributed by atoms with Gasteiger partial charge in [0, 0.05) is 29.6 Å². The fourth-order valence-electron chi connectivity index (χ4n) is 2.86. The van der Waals surface area contributed by atoms with Crippen molar-refractivity contribution < 1.29 is 9.59 Å². The van der Waals surface area contributed by atoms with Gasteiger partial charge in [0.15, 0.2) is 0 Å². The minimum absolute atomic E-state index is 0.000242. The van der Waals surface area contributed by atoms with Crippen LogP contribution in [0.25, 0.3) is 16.2 Å². The topological polar surface area (TPSA) is 134 Å². The van der Waals surface area contributed by atoms with Gasteiger partial charge in [0.1, 0.15) is 11.5 Å². The van der Waals surface area contributed by atoms with Crippen LogP contribution in [0.2, 0.25) is 0 Å². The molecule has 31 heavy (non-hydrogen) atoms. The Labute approximate surface area is 184 Å². The second kappa shape index (κ2) is 8.70. The van der Waals surface area contributed by atoms with Crippen molar-refractivity contribution in [3.8, 4) is 11.3 Å². The van der Waals surface area contributed by atoms with E-state index in [-0.39, 0.29) is 17.5 Å². The largest absolute Gasteiger partial charge is 0.326 e. The number of amides is 2. The summed E-state index contributed by atoms with van der Waals surface area (Å²) in [5, 5.41) is 11.6. The molecule has 0 saturated heterocycles. The van der Waals surface area contributed by atoms with Crippen LogP contribution in [0.3, 0.4) is 0 Å². The Balaban J connectivity index is 1.57. The Morgan fingerprint density at radius 3 is 2.68 bits per heavy atom. The summed E-state index contributed by atoms with van der Waals surface area (Å²) in [6, 6.07) is 8.45. The zero-order chi connectivity index (χ0) is 22.0. The lowest BCUT2D eigenvalue weighted by Crippen LogP contribution is -2.20. The molecule has 0 aliphatic rings. The molecule has 0 saturated carbocycles. The lowest BCUT2D eigenvalue weighted by Gasteiger charge is -2.04. The highest BCUT2D eigenvalue weighted by Gasteiger charge is 2.16. The van der Waals surface area contributed by atoms with E-state index < -0.39 is 11.5 Å². The number of nitrogens with zero attached hydrogens (tertiary/aromatic N) is 4. The van der Waals surface area contributed by atoms with Crippen LogP contribution < -0.4 is 16.2 Å². The van der Waals surface area contributed by atoms with Crippen molar-refractivity contribution in [2.45, 2.75) is 12.7 Å². The van der Waals surface area contributed by atoms with Gasteiger partial charge in [-0.3, -0.25) is 19.7 Å². The standard InChI is InChI=1S/C19H17N7O3S2/c1-10(27)20-12-5-3-11(4-6-12)14-8-31-19-24-18(25-26(14)19)23-17(29)13-7-16(28)22-15(21-13)9-30-2/h3-8H,9H2,1-2H3,(H,20,27)(H,21,22,28)(H,23,25,29). The lowest BCUT2D eigenvalue weighted by atomic mass is 10.1. The molecule has 12 heteroatoms. The molecule has 3 heterocycles. The Hall–Kier alpha value is -3.51. The molecule has 158 valence electrons. The third kappa shape index (κ3) is 4.64. The molecule has 0 unspecified atom stereocenters. The third-order valence-corrected chi connectivity index (χ3v) is 5.49. The van der Waals surface area contributed by atoms with Crippen molar-refractivity contribution in [1.29, 1.82) is 0 Å². The number of H-pyrrole nitrogens is 1. The molecule has 0 bridgehead atoms. The van der Waals surface area contributed by atoms with Gasteiger partial charge >= 0.3 is 0 Å². The number of fused-ring (bicyclic) bond motifs is 1. The molecule has 2 amide bonds. The average Bonchev–Trinajstić information content (AvgIpc) is 3.28. The Kier molecular flexibility index (Phi) is 5.82. The molecule has 1 aromatic carbocycles. The van der Waals surface area contributed by atoms with Gasteiger partial charge in [0.2, 0.25) is 10.9 Å². The molecule has 0 atom stereocenters. The van der Waals surface area contributed by atoms with Crippen LogP contribution in [-0.2, 0) is 10.5 Å². The molecular weight excluding hydrogens is 438 g/mol. The fourth-order valence-corrected chi connectivity index (χ4v) is 4.10. The number of carbonyl (C=O) groups excluding carboxylic acids is 2. The quantitative estimate of drug-likeness (QED) is 0.407. The van der Waals surface area contributed by atoms with Gasteiger partial charge in [0.25, 0.3) is 17.4 Å². The fraction of sp³-hybridized carbons (Fsp3) is 0.158. The normalized spacial score (nSPS) is 10.9. The van der Waals surface area contributed by atoms with Gasteiger partial charge in [-0.15, -0.1) is 16.4 Å². The van der Waals surface area contributed by atoms with Gasteiger partial charge in [-0.2, -0.15) is 16.7 Å². The number of hydrogen-bond donors (Lipinski definition) is 3. The molecule has 4 aromatic rings. The van der Waals surface area contributed by atoms with Crippen LogP contribution >= 0.6 is 23.1 Å². The molecule has 0 fully saturated rings. The Morgan fingerprint density at radius 1 is 1.19 bits per heavy atom. The monoisotopic (exact) mass is 455 g/mol. The Bertz CT molecular complexity index is 1320. The molecule has 3 aromatic heterocycles. The highest BCUT2D eigenvalue weighted by Crippen LogP contribution is 2.27. The molecule has 0 aliphatic heterocycles. The summed E-state index contributed by atoms with van der Waals surface area (Å²) in [7, 11) is 0. The van der Waals surface area contributed by atoms with Gasteiger partial charge < -0.3 is 10.3 Å². The number of nitrogens with one attached hydrogen (secondary N) is 3. The van der Waals surface area contributed by atoms with Crippen LogP contribution in [0.15, 0.2) is 40.5 Å². The number of anilines is 2. The van der Waals surface area contributed by atoms with Crippen molar-refractivity contribution in [3.05, 3.63) is 57.6 Å². The first-order valence-electron chi connectivity index (χ1n) is 9.06. The summed E-state index contributed by atoms with van der Waals surface area (Å²) >= 11 is 2.86. The van der Waals surface area contributed by atoms with Crippen molar-refractivity contribution in [2.75, 3.05) is 16.9 Å². The summed E-state index contributed by atoms with van der Waals surface area (Å²) in [6.07, 6.45) is 1.87. The van der Waals surface area contributed by atoms with E-state index in [9.17, 15) is 14.4 Å². The Morgan fingerprint density at radius 2 is 1.97 bits per heavy atom. The summed E-state index contributed by atoms with van der Waals surface area (Å²) in [5.41, 5.74) is 1.97. The number of rotatable bonds is 6. The summed E-state index contributed by atoms with van der Waals surface area (Å²) in [4.78, 5) is 47.2. The smallest absolute Gasteiger partial charge is 0.276 e. The van der Waals surface area contributed by atoms with Crippen LogP contribution in [0.5, 0.6) is 0 Å². The maximum Gasteiger partial charge on any atom is 0.276 e. The van der Waals surface area contributed by atoms with Crippen molar-refractivity contribution >= 4 is 51.5 Å². The molecule has 10 nitrogen and oxygen atoms in total. The van der Waals surface area contributed by atoms with E-state index in [2.05, 4.69) is 30.7 Å². The number of aromatic amines is 1. The average molecular weight is 456 g/mol. The number of benzene rings is 1. The number of hydrogen-bond acceptors (Lipinski definition) is 8. The van der Waals surface area contributed by atoms with Gasteiger partial charge in [-0.05, 0) is 18.4 Å². The molecule has 3 N–H and O–H groups in total. The van der Waals surface area contributed by atoms with E-state index in [1.54, 1.807) is 16.6 Å². The number of thioether (sulfide) groups is 1. The van der Waals surface area contributed by atoms with Crippen LogP contribution in [-0.4, -0.2) is 42.6 Å². The minimum atomic E-state index is -0.562. The zero-order valence-electron chi connectivity index (χ0n) is 16.5. The molecule has 0 spiro atoms. The highest BCUT2D eigenvalue weighted by molar-refractivity contribution is 7.97. The molecule has 4 rings (SSSR count). The first-order valence-corrected chi connectivity index (χ1v) is 11.3. The molecular formula is C19H17N7O3S2. The van der Waals surface area contributed by atoms with Gasteiger partial charge in [-0.1, -0.05) is 12.1 Å². The lowest BCUT2D eigenvalue weighted by molar-refractivity contribution is -0.114. The second-order valence-corrected chi connectivity index (χ2v) is 8.18. The van der Waals surface area contributed by atoms with E-state index in [1.807, 2.05) is 23.8 Å². The van der Waals surface area contributed by atoms with E-state index in [1.165, 1.54) is 30.0 Å². The van der Waals surface area contributed by atoms with Crippen molar-refractivity contribution in [1.82, 2.24) is 24.6 Å². The maximum absolute atomic E-state index is 12.5. The summed E-state index contributed by atoms with van der Waals surface area (Å²) < 4.78 is 1.62. The van der Waals surface area contributed by atoms with Crippen LogP contribution in [0, 0.1) is 0 Å². The minimum Gasteiger partial charge on any atom is -0.326 e. The summed E-state index contributed by atoms with van der Waals surface area (Å²) in [5.74, 6) is 0.319. The highest BCUT2D eigenvalue weighted by atomic mass is 32.2. The third-order valence-electron chi connectivity index (χ3n) is 4.11. The first kappa shape index (κ1) is 20.8. The van der Waals surface area contributed by atoms with E-state index >= 15 is 0 Å². The number of aromatic nitrogens is 5. The summed E-state index contributed by atoms with van der Waals surface area (Å²) in [6.45, 7) is 1.45. The van der Waals surface area contributed by atoms with Crippen molar-refractivity contribution in [2.24, 2.45) is 0 Å². The molecule has 0 radical (unpaired) electrons. The first-order chi connectivity index (χ1) is 14.9. The second-order valence-electron chi connectivity index (χ2n) is 6.47. The predicted octanol–water partition coefficient (Wildman–Crippen LogP) is 2.61. The van der Waals surface area contributed by atoms with Crippen LogP contribution in [0.4, 0.5) is 11.6 Å². The maximum atomic E-state index is 12.5.